The summed E-state index contributed by atoms with van der Waals surface area (Å²) in [6.07, 6.45) is 1.55. The van der Waals surface area contributed by atoms with Gasteiger partial charge in [0, 0.05) is 6.54 Å². The third kappa shape index (κ3) is 2.49. The van der Waals surface area contributed by atoms with Crippen LogP contribution in [-0.4, -0.2) is 26.7 Å². The van der Waals surface area contributed by atoms with E-state index in [4.69, 9.17) is 4.74 Å². The molecule has 0 aliphatic heterocycles. The highest BCUT2D eigenvalue weighted by atomic mass is 19.1. The third-order valence-corrected chi connectivity index (χ3v) is 2.97. The summed E-state index contributed by atoms with van der Waals surface area (Å²) in [4.78, 5) is 8.51. The number of hydrogen-bond donors (Lipinski definition) is 2. The van der Waals surface area contributed by atoms with Gasteiger partial charge in [0.25, 0.3) is 0 Å². The number of rotatable bonds is 4. The van der Waals surface area contributed by atoms with Gasteiger partial charge in [-0.15, -0.1) is 0 Å². The molecule has 3 aromatic rings. The smallest absolute Gasteiger partial charge is 0.235 e. The molecule has 0 unspecified atom stereocenters. The topological polar surface area (TPSA) is 75.7 Å². The Hall–Kier alpha value is -2.70. The largest absolute Gasteiger partial charge is 0.435 e. The number of aromatic nitrogens is 4. The maximum Gasteiger partial charge on any atom is 0.235 e. The van der Waals surface area contributed by atoms with E-state index in [1.165, 1.54) is 0 Å². The molecule has 0 saturated heterocycles. The molecule has 0 fully saturated rings. The van der Waals surface area contributed by atoms with Crippen LogP contribution >= 0.6 is 0 Å². The van der Waals surface area contributed by atoms with Crippen LogP contribution in [0.2, 0.25) is 0 Å². The van der Waals surface area contributed by atoms with Crippen molar-refractivity contribution in [2.75, 3.05) is 11.9 Å². The monoisotopic (exact) mass is 287 g/mol. The van der Waals surface area contributed by atoms with Crippen molar-refractivity contribution in [2.24, 2.45) is 0 Å². The SMILES string of the molecule is CCNc1nc(Oc2cccc(C)c2F)c2cn[nH]c2n1. The van der Waals surface area contributed by atoms with Crippen molar-refractivity contribution in [2.45, 2.75) is 13.8 Å². The van der Waals surface area contributed by atoms with Crippen LogP contribution in [0.15, 0.2) is 24.4 Å². The highest BCUT2D eigenvalue weighted by molar-refractivity contribution is 5.80. The quantitative estimate of drug-likeness (QED) is 0.771. The molecule has 6 nitrogen and oxygen atoms in total. The van der Waals surface area contributed by atoms with Crippen molar-refractivity contribution in [1.82, 2.24) is 20.2 Å². The van der Waals surface area contributed by atoms with Crippen LogP contribution in [-0.2, 0) is 0 Å². The molecule has 7 heteroatoms. The first kappa shape index (κ1) is 13.3. The Kier molecular flexibility index (Phi) is 3.39. The summed E-state index contributed by atoms with van der Waals surface area (Å²) in [5.41, 5.74) is 1.04. The highest BCUT2D eigenvalue weighted by Gasteiger charge is 2.14. The van der Waals surface area contributed by atoms with Gasteiger partial charge in [0.2, 0.25) is 11.8 Å². The second kappa shape index (κ2) is 5.35. The number of nitrogens with one attached hydrogen (secondary N) is 2. The van der Waals surface area contributed by atoms with Crippen LogP contribution in [0.4, 0.5) is 10.3 Å². The van der Waals surface area contributed by atoms with Crippen LogP contribution in [0.25, 0.3) is 11.0 Å². The second-order valence-corrected chi connectivity index (χ2v) is 4.50. The number of halogens is 1. The maximum absolute atomic E-state index is 14.1. The Labute approximate surface area is 120 Å². The van der Waals surface area contributed by atoms with Gasteiger partial charge >= 0.3 is 0 Å². The predicted octanol–water partition coefficient (Wildman–Crippen LogP) is 3.02. The van der Waals surface area contributed by atoms with Gasteiger partial charge in [0.15, 0.2) is 17.2 Å². The first-order chi connectivity index (χ1) is 10.2. The Morgan fingerprint density at radius 3 is 3.00 bits per heavy atom. The van der Waals surface area contributed by atoms with Crippen molar-refractivity contribution in [3.8, 4) is 11.6 Å². The van der Waals surface area contributed by atoms with Gasteiger partial charge in [-0.2, -0.15) is 15.1 Å². The van der Waals surface area contributed by atoms with Crippen molar-refractivity contribution in [3.63, 3.8) is 0 Å². The standard InChI is InChI=1S/C14H14FN5O/c1-3-16-14-18-12-9(7-17-20-12)13(19-14)21-10-6-4-5-8(2)11(10)15/h4-7H,3H2,1-2H3,(H2,16,17,18,19,20). The van der Waals surface area contributed by atoms with Gasteiger partial charge in [0.1, 0.15) is 5.39 Å². The van der Waals surface area contributed by atoms with Gasteiger partial charge in [-0.3, -0.25) is 5.10 Å². The lowest BCUT2D eigenvalue weighted by Gasteiger charge is -2.09. The van der Waals surface area contributed by atoms with Gasteiger partial charge in [-0.05, 0) is 25.5 Å². The van der Waals surface area contributed by atoms with E-state index in [1.807, 2.05) is 6.92 Å². The molecule has 0 aliphatic rings. The van der Waals surface area contributed by atoms with E-state index in [9.17, 15) is 4.39 Å². The maximum atomic E-state index is 14.1. The van der Waals surface area contributed by atoms with Crippen molar-refractivity contribution >= 4 is 17.0 Å². The van der Waals surface area contributed by atoms with E-state index < -0.39 is 5.82 Å². The summed E-state index contributed by atoms with van der Waals surface area (Å²) in [7, 11) is 0. The number of ether oxygens (including phenoxy) is 1. The first-order valence-electron chi connectivity index (χ1n) is 6.57. The molecule has 0 bridgehead atoms. The number of nitrogens with zero attached hydrogens (tertiary/aromatic N) is 3. The summed E-state index contributed by atoms with van der Waals surface area (Å²) >= 11 is 0. The fraction of sp³-hybridized carbons (Fsp3) is 0.214. The Bertz CT molecular complexity index is 786. The molecule has 21 heavy (non-hydrogen) atoms. The lowest BCUT2D eigenvalue weighted by atomic mass is 10.2. The van der Waals surface area contributed by atoms with E-state index in [-0.39, 0.29) is 11.6 Å². The molecule has 108 valence electrons. The average molecular weight is 287 g/mol. The molecule has 2 aromatic heterocycles. The fourth-order valence-corrected chi connectivity index (χ4v) is 1.93. The van der Waals surface area contributed by atoms with Crippen molar-refractivity contribution in [3.05, 3.63) is 35.8 Å². The number of fused-ring (bicyclic) bond motifs is 1. The summed E-state index contributed by atoms with van der Waals surface area (Å²) < 4.78 is 19.7. The molecule has 0 saturated carbocycles. The molecule has 0 radical (unpaired) electrons. The van der Waals surface area contributed by atoms with E-state index in [0.717, 1.165) is 0 Å². The minimum absolute atomic E-state index is 0.124. The Morgan fingerprint density at radius 2 is 2.19 bits per heavy atom. The average Bonchev–Trinajstić information content (AvgIpc) is 2.93. The number of benzene rings is 1. The zero-order valence-electron chi connectivity index (χ0n) is 11.6. The van der Waals surface area contributed by atoms with Crippen molar-refractivity contribution < 1.29 is 9.13 Å². The zero-order valence-corrected chi connectivity index (χ0v) is 11.6. The van der Waals surface area contributed by atoms with Crippen molar-refractivity contribution in [1.29, 1.82) is 0 Å². The van der Waals surface area contributed by atoms with E-state index in [0.29, 0.717) is 29.1 Å². The molecule has 2 heterocycles. The molecule has 3 rings (SSSR count). The van der Waals surface area contributed by atoms with Gasteiger partial charge in [-0.25, -0.2) is 4.39 Å². The molecular weight excluding hydrogens is 273 g/mol. The number of anilines is 1. The Morgan fingerprint density at radius 1 is 1.33 bits per heavy atom. The summed E-state index contributed by atoms with van der Waals surface area (Å²) in [5.74, 6) is 0.378. The lowest BCUT2D eigenvalue weighted by molar-refractivity contribution is 0.430. The number of aromatic amines is 1. The van der Waals surface area contributed by atoms with Gasteiger partial charge in [0.05, 0.1) is 6.20 Å². The predicted molar refractivity (Wildman–Crippen MR) is 77.1 cm³/mol. The minimum atomic E-state index is -0.405. The number of hydrogen-bond acceptors (Lipinski definition) is 5. The minimum Gasteiger partial charge on any atom is -0.435 e. The molecule has 1 aromatic carbocycles. The number of aryl methyl sites for hydroxylation is 1. The Balaban J connectivity index is 2.06. The third-order valence-electron chi connectivity index (χ3n) is 2.97. The molecule has 0 atom stereocenters. The fourth-order valence-electron chi connectivity index (χ4n) is 1.93. The van der Waals surface area contributed by atoms with Gasteiger partial charge in [-0.1, -0.05) is 12.1 Å². The van der Waals surface area contributed by atoms with Crippen LogP contribution < -0.4 is 10.1 Å². The van der Waals surface area contributed by atoms with E-state index in [2.05, 4.69) is 25.5 Å². The molecule has 0 aliphatic carbocycles. The molecule has 0 spiro atoms. The van der Waals surface area contributed by atoms with E-state index >= 15 is 0 Å². The molecule has 0 amide bonds. The van der Waals surface area contributed by atoms with Crippen LogP contribution in [0.1, 0.15) is 12.5 Å². The van der Waals surface area contributed by atoms with Crippen LogP contribution in [0.5, 0.6) is 11.6 Å². The lowest BCUT2D eigenvalue weighted by Crippen LogP contribution is -2.03. The summed E-state index contributed by atoms with van der Waals surface area (Å²) in [5, 5.41) is 10.3. The number of H-pyrrole nitrogens is 1. The zero-order chi connectivity index (χ0) is 14.8. The van der Waals surface area contributed by atoms with Crippen LogP contribution in [0, 0.1) is 12.7 Å². The molecule has 2 N–H and O–H groups in total. The molecular formula is C14H14FN5O. The first-order valence-corrected chi connectivity index (χ1v) is 6.57. The van der Waals surface area contributed by atoms with Gasteiger partial charge < -0.3 is 10.1 Å². The summed E-state index contributed by atoms with van der Waals surface area (Å²) in [6, 6.07) is 4.97. The summed E-state index contributed by atoms with van der Waals surface area (Å²) in [6.45, 7) is 4.28. The van der Waals surface area contributed by atoms with E-state index in [1.54, 1.807) is 31.3 Å². The normalized spacial score (nSPS) is 10.8. The van der Waals surface area contributed by atoms with Crippen LogP contribution in [0.3, 0.4) is 0 Å². The highest BCUT2D eigenvalue weighted by Crippen LogP contribution is 2.29. The second-order valence-electron chi connectivity index (χ2n) is 4.50.